The van der Waals surface area contributed by atoms with Crippen LogP contribution in [-0.4, -0.2) is 100 Å². The molecular formula is C74H133NO10. The molecule has 0 radical (unpaired) electrons. The van der Waals surface area contributed by atoms with Crippen molar-refractivity contribution in [1.29, 1.82) is 0 Å². The third-order valence-electron chi connectivity index (χ3n) is 16.5. The summed E-state index contributed by atoms with van der Waals surface area (Å²) in [6.07, 6.45) is 74.9. The number of unbranched alkanes of at least 4 members (excludes halogenated alkanes) is 38. The van der Waals surface area contributed by atoms with Crippen molar-refractivity contribution in [3.05, 3.63) is 72.9 Å². The van der Waals surface area contributed by atoms with Gasteiger partial charge >= 0.3 is 5.97 Å². The van der Waals surface area contributed by atoms with Gasteiger partial charge in [-0.3, -0.25) is 9.59 Å². The Bertz CT molecular complexity index is 1640. The molecule has 0 aromatic rings. The number of hydrogen-bond acceptors (Lipinski definition) is 10. The number of esters is 1. The molecule has 11 heteroatoms. The number of carbonyl (C=O) groups is 2. The van der Waals surface area contributed by atoms with Crippen LogP contribution in [0.4, 0.5) is 0 Å². The Balaban J connectivity index is 1.92. The van der Waals surface area contributed by atoms with Gasteiger partial charge < -0.3 is 45.1 Å². The molecule has 1 aliphatic rings. The van der Waals surface area contributed by atoms with Gasteiger partial charge in [-0.05, 0) is 109 Å². The summed E-state index contributed by atoms with van der Waals surface area (Å²) >= 11 is 0. The van der Waals surface area contributed by atoms with Crippen molar-refractivity contribution < 1.29 is 49.3 Å². The summed E-state index contributed by atoms with van der Waals surface area (Å²) in [5, 5.41) is 54.2. The van der Waals surface area contributed by atoms with Gasteiger partial charge in [0.15, 0.2) is 6.29 Å². The topological polar surface area (TPSA) is 175 Å². The van der Waals surface area contributed by atoms with Gasteiger partial charge in [-0.2, -0.15) is 0 Å². The number of aliphatic hydroxyl groups is 5. The van der Waals surface area contributed by atoms with Gasteiger partial charge in [0.25, 0.3) is 0 Å². The Morgan fingerprint density at radius 3 is 1.24 bits per heavy atom. The molecule has 0 saturated carbocycles. The van der Waals surface area contributed by atoms with E-state index in [0.29, 0.717) is 19.4 Å². The normalized spacial score (nSPS) is 18.4. The zero-order chi connectivity index (χ0) is 61.6. The van der Waals surface area contributed by atoms with E-state index in [1.165, 1.54) is 225 Å². The maximum Gasteiger partial charge on any atom is 0.305 e. The van der Waals surface area contributed by atoms with Crippen molar-refractivity contribution in [2.45, 2.75) is 365 Å². The molecule has 0 aliphatic carbocycles. The molecule has 7 atom stereocenters. The first kappa shape index (κ1) is 80.1. The highest BCUT2D eigenvalue weighted by Crippen LogP contribution is 2.23. The summed E-state index contributed by atoms with van der Waals surface area (Å²) in [5.74, 6) is -0.197. The Kier molecular flexibility index (Phi) is 59.1. The zero-order valence-corrected chi connectivity index (χ0v) is 54.8. The predicted molar refractivity (Wildman–Crippen MR) is 356 cm³/mol. The lowest BCUT2D eigenvalue weighted by molar-refractivity contribution is -0.302. The highest BCUT2D eigenvalue weighted by atomic mass is 16.7. The van der Waals surface area contributed by atoms with Crippen molar-refractivity contribution in [1.82, 2.24) is 5.32 Å². The van der Waals surface area contributed by atoms with Crippen molar-refractivity contribution >= 4 is 11.9 Å². The first-order valence-corrected chi connectivity index (χ1v) is 35.7. The monoisotopic (exact) mass is 1200 g/mol. The van der Waals surface area contributed by atoms with Gasteiger partial charge in [0, 0.05) is 12.8 Å². The van der Waals surface area contributed by atoms with E-state index in [-0.39, 0.29) is 18.5 Å². The molecule has 0 aromatic carbocycles. The molecule has 0 aromatic heterocycles. The summed E-state index contributed by atoms with van der Waals surface area (Å²) in [6.45, 7) is 4.26. The standard InChI is InChI=1S/C74H133NO10/c1-3-5-7-9-11-13-14-15-16-17-29-33-36-39-42-46-50-54-58-62-70(79)83-63-59-55-51-47-43-40-37-34-31-28-26-24-22-20-18-19-21-23-25-27-30-32-35-38-41-45-49-53-57-61-69(78)75-66(67(77)60-56-52-48-44-12-10-8-6-4-2)65-84-74-73(82)72(81)71(80)68(64-76)85-74/h11-13,15-16,18,20,24,26,44,56,60,66-68,71-74,76-77,80-82H,3-10,14,17,19,21-23,25,27-43,45-55,57-59,61-65H2,1-2H3,(H,75,78)/b13-11-,16-15-,20-18-,26-24-,44-12+,60-56+. The summed E-state index contributed by atoms with van der Waals surface area (Å²) < 4.78 is 16.7. The molecule has 0 spiro atoms. The van der Waals surface area contributed by atoms with Crippen LogP contribution < -0.4 is 5.32 Å². The fraction of sp³-hybridized carbons (Fsp3) is 0.811. The Labute approximate surface area is 521 Å². The van der Waals surface area contributed by atoms with Gasteiger partial charge in [0.2, 0.25) is 5.91 Å². The maximum absolute atomic E-state index is 13.0. The second-order valence-corrected chi connectivity index (χ2v) is 24.6. The Morgan fingerprint density at radius 1 is 0.435 bits per heavy atom. The number of allylic oxidation sites excluding steroid dienone is 11. The summed E-state index contributed by atoms with van der Waals surface area (Å²) in [4.78, 5) is 25.1. The minimum atomic E-state index is -1.58. The molecule has 85 heavy (non-hydrogen) atoms. The Morgan fingerprint density at radius 2 is 0.800 bits per heavy atom. The highest BCUT2D eigenvalue weighted by molar-refractivity contribution is 5.76. The minimum Gasteiger partial charge on any atom is -0.466 e. The van der Waals surface area contributed by atoms with Crippen LogP contribution in [0.5, 0.6) is 0 Å². The highest BCUT2D eigenvalue weighted by Gasteiger charge is 2.44. The number of ether oxygens (including phenoxy) is 3. The van der Waals surface area contributed by atoms with E-state index >= 15 is 0 Å². The van der Waals surface area contributed by atoms with Gasteiger partial charge in [-0.15, -0.1) is 0 Å². The molecule has 1 aliphatic heterocycles. The van der Waals surface area contributed by atoms with E-state index in [9.17, 15) is 35.1 Å². The molecule has 1 heterocycles. The van der Waals surface area contributed by atoms with E-state index < -0.39 is 49.5 Å². The number of aliphatic hydroxyl groups excluding tert-OH is 5. The van der Waals surface area contributed by atoms with Crippen molar-refractivity contribution in [2.75, 3.05) is 19.8 Å². The molecule has 7 unspecified atom stereocenters. The molecule has 0 bridgehead atoms. The SMILES string of the molecule is CCCCC/C=C\C/C=C\CCCCCCCCCCCC(=O)OCCCCCCCCCCC/C=C\C/C=C\CCCCCCCCCCCCCCCC(=O)NC(COC1OC(CO)C(O)C(O)C1O)C(O)/C=C/CC/C=C/CCCCC. The third-order valence-corrected chi connectivity index (χ3v) is 16.5. The van der Waals surface area contributed by atoms with Crippen LogP contribution in [-0.2, 0) is 23.8 Å². The fourth-order valence-corrected chi connectivity index (χ4v) is 10.9. The van der Waals surface area contributed by atoms with Gasteiger partial charge in [-0.25, -0.2) is 0 Å². The van der Waals surface area contributed by atoms with Crippen LogP contribution in [0, 0.1) is 0 Å². The lowest BCUT2D eigenvalue weighted by atomic mass is 9.99. The molecule has 6 N–H and O–H groups in total. The second kappa shape index (κ2) is 62.7. The number of nitrogens with one attached hydrogen (secondary N) is 1. The quantitative estimate of drug-likeness (QED) is 0.0195. The largest absolute Gasteiger partial charge is 0.466 e. The second-order valence-electron chi connectivity index (χ2n) is 24.6. The van der Waals surface area contributed by atoms with E-state index in [1.54, 1.807) is 6.08 Å². The maximum atomic E-state index is 13.0. The molecule has 1 saturated heterocycles. The molecule has 1 fully saturated rings. The fourth-order valence-electron chi connectivity index (χ4n) is 10.9. The van der Waals surface area contributed by atoms with E-state index in [4.69, 9.17) is 14.2 Å². The number of hydrogen-bond donors (Lipinski definition) is 6. The molecule has 1 amide bonds. The van der Waals surface area contributed by atoms with Gasteiger partial charge in [0.05, 0.1) is 32.0 Å². The van der Waals surface area contributed by atoms with Crippen molar-refractivity contribution in [3.63, 3.8) is 0 Å². The lowest BCUT2D eigenvalue weighted by Crippen LogP contribution is -2.60. The average Bonchev–Trinajstić information content (AvgIpc) is 3.49. The minimum absolute atomic E-state index is 0.00122. The zero-order valence-electron chi connectivity index (χ0n) is 54.8. The smallest absolute Gasteiger partial charge is 0.305 e. The van der Waals surface area contributed by atoms with E-state index in [2.05, 4.69) is 79.9 Å². The molecule has 494 valence electrons. The van der Waals surface area contributed by atoms with Crippen LogP contribution >= 0.6 is 0 Å². The number of rotatable bonds is 62. The van der Waals surface area contributed by atoms with Crippen LogP contribution in [0.25, 0.3) is 0 Å². The summed E-state index contributed by atoms with van der Waals surface area (Å²) in [7, 11) is 0. The van der Waals surface area contributed by atoms with Crippen LogP contribution in [0.2, 0.25) is 0 Å². The Hall–Kier alpha value is -2.90. The molecular weight excluding hydrogens is 1060 g/mol. The van der Waals surface area contributed by atoms with Gasteiger partial charge in [0.1, 0.15) is 24.4 Å². The number of carbonyl (C=O) groups excluding carboxylic acids is 2. The molecule has 1 rings (SSSR count). The summed E-state index contributed by atoms with van der Waals surface area (Å²) in [5.41, 5.74) is 0. The average molecular weight is 1200 g/mol. The van der Waals surface area contributed by atoms with Crippen molar-refractivity contribution in [3.8, 4) is 0 Å². The van der Waals surface area contributed by atoms with Gasteiger partial charge in [-0.1, -0.05) is 273 Å². The van der Waals surface area contributed by atoms with Crippen LogP contribution in [0.15, 0.2) is 72.9 Å². The van der Waals surface area contributed by atoms with Crippen molar-refractivity contribution in [2.24, 2.45) is 0 Å². The van der Waals surface area contributed by atoms with E-state index in [1.807, 2.05) is 6.08 Å². The first-order valence-electron chi connectivity index (χ1n) is 35.7. The number of amides is 1. The predicted octanol–water partition coefficient (Wildman–Crippen LogP) is 18.3. The van der Waals surface area contributed by atoms with E-state index in [0.717, 1.165) is 70.6 Å². The van der Waals surface area contributed by atoms with Crippen LogP contribution in [0.3, 0.4) is 0 Å². The lowest BCUT2D eigenvalue weighted by Gasteiger charge is -2.40. The van der Waals surface area contributed by atoms with Crippen LogP contribution in [0.1, 0.15) is 322 Å². The third kappa shape index (κ3) is 51.7. The first-order chi connectivity index (χ1) is 41.7. The summed E-state index contributed by atoms with van der Waals surface area (Å²) in [6, 6.07) is -0.828. The molecule has 11 nitrogen and oxygen atoms in total.